The molecule has 4 rings (SSSR count). The van der Waals surface area contributed by atoms with Crippen LogP contribution in [0.5, 0.6) is 0 Å². The summed E-state index contributed by atoms with van der Waals surface area (Å²) in [7, 11) is 0. The number of ketones is 1. The zero-order chi connectivity index (χ0) is 38.2. The van der Waals surface area contributed by atoms with Gasteiger partial charge in [-0.1, -0.05) is 113 Å². The fourth-order valence-corrected chi connectivity index (χ4v) is 8.83. The molecule has 4 aliphatic rings. The molecule has 4 aliphatic carbocycles. The van der Waals surface area contributed by atoms with E-state index in [1.807, 2.05) is 26.0 Å². The van der Waals surface area contributed by atoms with Crippen LogP contribution in [-0.4, -0.2) is 62.6 Å². The summed E-state index contributed by atoms with van der Waals surface area (Å²) in [5.74, 6) is -4.58. The highest BCUT2D eigenvalue weighted by atomic mass is 16.6. The van der Waals surface area contributed by atoms with Gasteiger partial charge in [0.05, 0.1) is 5.60 Å². The summed E-state index contributed by atoms with van der Waals surface area (Å²) in [6.07, 6.45) is 33.8. The van der Waals surface area contributed by atoms with Crippen LogP contribution in [0.15, 0.2) is 96.2 Å². The lowest BCUT2D eigenvalue weighted by atomic mass is 9.59. The molecule has 0 heterocycles. The van der Waals surface area contributed by atoms with Crippen molar-refractivity contribution in [3.8, 4) is 0 Å². The molecule has 52 heavy (non-hydrogen) atoms. The number of hydrogen-bond donors (Lipinski definition) is 3. The van der Waals surface area contributed by atoms with Crippen LogP contribution < -0.4 is 0 Å². The molecule has 0 bridgehead atoms. The van der Waals surface area contributed by atoms with Crippen molar-refractivity contribution in [1.82, 2.24) is 0 Å². The third-order valence-electron chi connectivity index (χ3n) is 11.6. The number of fused-ring (bicyclic) bond motifs is 5. The highest BCUT2D eigenvalue weighted by Crippen LogP contribution is 2.75. The normalized spacial score (nSPS) is 33.9. The number of allylic oxidation sites excluding steroid dienone is 12. The highest BCUT2D eigenvalue weighted by Gasteiger charge is 2.85. The monoisotopic (exact) mass is 716 g/mol. The average Bonchev–Trinajstić information content (AvgIpc) is 3.49. The van der Waals surface area contributed by atoms with Crippen molar-refractivity contribution in [2.24, 2.45) is 29.1 Å². The number of hydrogen-bond acceptors (Lipinski definition) is 8. The molecule has 0 amide bonds. The van der Waals surface area contributed by atoms with E-state index < -0.39 is 69.7 Å². The first kappa shape index (κ1) is 41.2. The number of carbonyl (C=O) groups excluding carboxylic acids is 3. The second-order valence-electron chi connectivity index (χ2n) is 15.5. The maximum absolute atomic E-state index is 13.4. The van der Waals surface area contributed by atoms with E-state index in [0.29, 0.717) is 17.6 Å². The first-order valence-electron chi connectivity index (χ1n) is 19.0. The van der Waals surface area contributed by atoms with E-state index in [1.54, 1.807) is 26.0 Å². The zero-order valence-electron chi connectivity index (χ0n) is 31.9. The first-order valence-corrected chi connectivity index (χ1v) is 19.0. The average molecular weight is 717 g/mol. The van der Waals surface area contributed by atoms with Gasteiger partial charge in [0.25, 0.3) is 0 Å². The molecule has 0 saturated heterocycles. The van der Waals surface area contributed by atoms with Gasteiger partial charge in [-0.25, -0.2) is 0 Å². The second kappa shape index (κ2) is 17.5. The lowest BCUT2D eigenvalue weighted by molar-refractivity contribution is -0.221. The van der Waals surface area contributed by atoms with Crippen molar-refractivity contribution in [2.45, 2.75) is 122 Å². The molecule has 0 aromatic rings. The number of carbonyl (C=O) groups is 3. The highest BCUT2D eigenvalue weighted by molar-refractivity contribution is 6.04. The van der Waals surface area contributed by atoms with Crippen LogP contribution in [0.2, 0.25) is 0 Å². The lowest BCUT2D eigenvalue weighted by Gasteiger charge is -2.52. The van der Waals surface area contributed by atoms with Gasteiger partial charge in [-0.3, -0.25) is 14.4 Å². The number of ether oxygens (including phenoxy) is 2. The van der Waals surface area contributed by atoms with Gasteiger partial charge in [-0.2, -0.15) is 0 Å². The third kappa shape index (κ3) is 8.45. The number of Topliss-reactive ketones (excluding diaryl/α,β-unsaturated/α-hetero) is 1. The molecule has 0 spiro atoms. The Balaban J connectivity index is 1.31. The minimum absolute atomic E-state index is 0.103. The van der Waals surface area contributed by atoms with Gasteiger partial charge in [0.1, 0.15) is 23.9 Å². The van der Waals surface area contributed by atoms with E-state index in [0.717, 1.165) is 38.5 Å². The molecule has 8 heteroatoms. The van der Waals surface area contributed by atoms with Crippen molar-refractivity contribution in [1.29, 1.82) is 0 Å². The molecular formula is C44H60O8. The van der Waals surface area contributed by atoms with Gasteiger partial charge < -0.3 is 24.8 Å². The predicted octanol–water partition coefficient (Wildman–Crippen LogP) is 7.53. The quantitative estimate of drug-likeness (QED) is 0.104. The van der Waals surface area contributed by atoms with Crippen LogP contribution in [0, 0.1) is 29.1 Å². The van der Waals surface area contributed by atoms with Crippen LogP contribution in [0.25, 0.3) is 0 Å². The number of esters is 2. The van der Waals surface area contributed by atoms with Crippen molar-refractivity contribution in [2.75, 3.05) is 6.61 Å². The molecule has 2 fully saturated rings. The van der Waals surface area contributed by atoms with Crippen LogP contribution in [0.1, 0.15) is 99.3 Å². The van der Waals surface area contributed by atoms with Crippen molar-refractivity contribution in [3.05, 3.63) is 96.2 Å². The maximum Gasteiger partial charge on any atom is 0.306 e. The largest absolute Gasteiger partial charge is 0.461 e. The summed E-state index contributed by atoms with van der Waals surface area (Å²) in [5, 5.41) is 36.8. The Morgan fingerprint density at radius 3 is 1.88 bits per heavy atom. The van der Waals surface area contributed by atoms with E-state index in [9.17, 15) is 29.7 Å². The Morgan fingerprint density at radius 1 is 0.846 bits per heavy atom. The smallest absolute Gasteiger partial charge is 0.306 e. The molecule has 3 N–H and O–H groups in total. The Labute approximate surface area is 310 Å². The van der Waals surface area contributed by atoms with Crippen molar-refractivity contribution < 1.29 is 39.2 Å². The molecule has 8 atom stereocenters. The Morgan fingerprint density at radius 2 is 1.37 bits per heavy atom. The molecule has 0 unspecified atom stereocenters. The van der Waals surface area contributed by atoms with Crippen molar-refractivity contribution in [3.63, 3.8) is 0 Å². The van der Waals surface area contributed by atoms with Crippen LogP contribution >= 0.6 is 0 Å². The molecule has 0 aromatic carbocycles. The van der Waals surface area contributed by atoms with Crippen LogP contribution in [-0.2, 0) is 23.9 Å². The van der Waals surface area contributed by atoms with Crippen LogP contribution in [0.3, 0.4) is 0 Å². The summed E-state index contributed by atoms with van der Waals surface area (Å²) in [5.41, 5.74) is -5.07. The molecule has 8 nitrogen and oxygen atoms in total. The van der Waals surface area contributed by atoms with Gasteiger partial charge in [-0.15, -0.1) is 0 Å². The van der Waals surface area contributed by atoms with Crippen molar-refractivity contribution >= 4 is 17.7 Å². The van der Waals surface area contributed by atoms with Gasteiger partial charge in [0, 0.05) is 48.9 Å². The molecule has 0 radical (unpaired) electrons. The summed E-state index contributed by atoms with van der Waals surface area (Å²) in [6.45, 7) is 10.4. The van der Waals surface area contributed by atoms with E-state index in [-0.39, 0.29) is 19.4 Å². The first-order chi connectivity index (χ1) is 24.7. The van der Waals surface area contributed by atoms with E-state index in [2.05, 4.69) is 67.7 Å². The Bertz CT molecular complexity index is 1550. The molecule has 2 saturated carbocycles. The van der Waals surface area contributed by atoms with Gasteiger partial charge in [0.2, 0.25) is 0 Å². The predicted molar refractivity (Wildman–Crippen MR) is 204 cm³/mol. The molecule has 0 aromatic heterocycles. The SMILES string of the molecule is CC/C=C\C/C=C\C/C=C\C/C=C\C/C=C\C/C=C\CCC(=O)O[C@@H]1[C@@H](C)[C@@]2(O)[C@@H](C=C(COC(C)=O)C[C@]3(O)C(=O)C(C)=C[C@@H]23)[C@@H]2C(C)(C)[C@]12O. The Hall–Kier alpha value is -3.59. The molecular weight excluding hydrogens is 656 g/mol. The number of rotatable bonds is 17. The standard InChI is InChI=1S/C44H60O8/c1-7-8-9-10-11-12-13-14-15-16-17-18-19-20-21-22-23-24-25-26-37(46)52-40-32(3)43(49)35(38-41(5,6)44(38,40)50)28-34(30-51-33(4)45)29-42(48)36(43)27-31(2)39(42)47/h8-9,11-12,14-15,17-18,20-21,23-24,27-28,32,35-36,38,40,48-50H,7,10,13,16,19,22,25-26,29-30H2,1-6H3/b9-8-,12-11-,15-14-,18-17-,21-20-,24-23-/t32-,35+,36-,38-,40-,42-,43-,44-/m1/s1. The minimum atomic E-state index is -1.97. The fourth-order valence-electron chi connectivity index (χ4n) is 8.83. The van der Waals surface area contributed by atoms with E-state index in [1.165, 1.54) is 6.92 Å². The summed E-state index contributed by atoms with van der Waals surface area (Å²) in [4.78, 5) is 38.3. The zero-order valence-corrected chi connectivity index (χ0v) is 31.9. The second-order valence-corrected chi connectivity index (χ2v) is 15.5. The van der Waals surface area contributed by atoms with Crippen LogP contribution in [0.4, 0.5) is 0 Å². The fraction of sp³-hybridized carbons (Fsp3) is 0.568. The van der Waals surface area contributed by atoms with Gasteiger partial charge in [0.15, 0.2) is 5.78 Å². The number of aliphatic hydroxyl groups is 3. The topological polar surface area (TPSA) is 130 Å². The summed E-state index contributed by atoms with van der Waals surface area (Å²) >= 11 is 0. The van der Waals surface area contributed by atoms with Gasteiger partial charge >= 0.3 is 11.9 Å². The summed E-state index contributed by atoms with van der Waals surface area (Å²) in [6, 6.07) is 0. The summed E-state index contributed by atoms with van der Waals surface area (Å²) < 4.78 is 11.3. The maximum atomic E-state index is 13.4. The lowest BCUT2D eigenvalue weighted by Crippen LogP contribution is -2.65. The molecule has 284 valence electrons. The Kier molecular flexibility index (Phi) is 13.8. The van der Waals surface area contributed by atoms with E-state index in [4.69, 9.17) is 9.47 Å². The minimum Gasteiger partial charge on any atom is -0.461 e. The van der Waals surface area contributed by atoms with E-state index >= 15 is 0 Å². The molecule has 0 aliphatic heterocycles. The van der Waals surface area contributed by atoms with Gasteiger partial charge in [-0.05, 0) is 63.0 Å². The third-order valence-corrected chi connectivity index (χ3v) is 11.6.